The van der Waals surface area contributed by atoms with Gasteiger partial charge in [-0.05, 0) is 119 Å². The normalized spacial score (nSPS) is 22.0. The summed E-state index contributed by atoms with van der Waals surface area (Å²) < 4.78 is 0. The third kappa shape index (κ3) is 21.9. The first-order chi connectivity index (χ1) is 47.8. The topological polar surface area (TPSA) is 433 Å². The zero-order valence-electron chi connectivity index (χ0n) is 60.3. The molecule has 6 rings (SSSR count). The molecule has 0 aliphatic carbocycles. The molecular formula is C70H110N14O17. The molecule has 5 fully saturated rings. The molecule has 31 nitrogen and oxygen atoms in total. The van der Waals surface area contributed by atoms with Crippen molar-refractivity contribution < 1.29 is 82.4 Å². The first kappa shape index (κ1) is 81.6. The van der Waals surface area contributed by atoms with E-state index in [9.17, 15) is 82.4 Å². The molecule has 0 aromatic heterocycles. The molecule has 0 bridgehead atoms. The summed E-state index contributed by atoms with van der Waals surface area (Å²) in [6.45, 7) is 18.6. The number of carbonyl (C=O) groups excluding carboxylic acids is 13. The molecule has 31 heteroatoms. The quantitative estimate of drug-likeness (QED) is 0.0372. The van der Waals surface area contributed by atoms with E-state index in [-0.39, 0.29) is 62.5 Å². The second-order valence-electron chi connectivity index (χ2n) is 29.0. The minimum atomic E-state index is -1.71. The second kappa shape index (κ2) is 38.1. The number of hydrogen-bond donors (Lipinski definition) is 13. The summed E-state index contributed by atoms with van der Waals surface area (Å²) in [5, 5.41) is 57.1. The van der Waals surface area contributed by atoms with Crippen molar-refractivity contribution in [3.8, 4) is 0 Å². The van der Waals surface area contributed by atoms with Gasteiger partial charge in [0, 0.05) is 32.6 Å². The molecule has 5 aliphatic rings. The highest BCUT2D eigenvalue weighted by Crippen LogP contribution is 2.28. The summed E-state index contributed by atoms with van der Waals surface area (Å²) in [7, 11) is 0. The molecule has 1 aromatic rings. The Hall–Kier alpha value is -8.32. The van der Waals surface area contributed by atoms with Gasteiger partial charge in [0.15, 0.2) is 0 Å². The Morgan fingerprint density at radius 3 is 1.43 bits per heavy atom. The van der Waals surface area contributed by atoms with Crippen molar-refractivity contribution in [2.75, 3.05) is 45.9 Å². The Morgan fingerprint density at radius 1 is 0.485 bits per heavy atom. The maximum atomic E-state index is 14.8. The maximum Gasteiger partial charge on any atom is 0.328 e. The van der Waals surface area contributed by atoms with Crippen LogP contribution < -0.4 is 53.2 Å². The third-order valence-electron chi connectivity index (χ3n) is 19.8. The van der Waals surface area contributed by atoms with E-state index in [1.54, 1.807) is 104 Å². The van der Waals surface area contributed by atoms with Gasteiger partial charge in [-0.1, -0.05) is 106 Å². The standard InChI is InChI=1S/C70H110N14O17/c1-12-41(10)56(65(95)73-45(33-37(2)3)58(88)75-47(36-85)70(100)101)79-60(90)49-25-17-29-81(49)52(87)35-72-59(89)48-24-18-30-82(48)68(98)46(34-43-21-14-13-15-22-43)74-66(96)57(42(11)86)80-64(94)55(40(8)9)78-63(93)54(39(6)7)77-62(92)53(38(4)5)76-61(91)50-26-19-31-83(50)69(99)51-27-20-32-84(51)67(97)44-23-16-28-71-44/h13-15,21-22,37-42,44-51,53-57,71,85-86H,12,16-20,23-36H2,1-11H3,(H,72,89)(H,73,95)(H,74,96)(H,75,88)(H,76,91)(H,77,92)(H,78,93)(H,79,90)(H,80,94)(H,100,101)/t41-,42+,44-,45-,46-,47-,48-,49-,50-,51-,53-,54-,55-,56-,57-/m0/s1. The van der Waals surface area contributed by atoms with Crippen molar-refractivity contribution in [3.05, 3.63) is 35.9 Å². The highest BCUT2D eigenvalue weighted by atomic mass is 16.4. The van der Waals surface area contributed by atoms with Gasteiger partial charge in [-0.3, -0.25) is 62.3 Å². The van der Waals surface area contributed by atoms with Crippen molar-refractivity contribution in [3.63, 3.8) is 0 Å². The van der Waals surface area contributed by atoms with Gasteiger partial charge in [0.05, 0.1) is 25.3 Å². The number of carboxylic acids is 1. The van der Waals surface area contributed by atoms with Gasteiger partial charge in [0.2, 0.25) is 76.8 Å². The van der Waals surface area contributed by atoms with Gasteiger partial charge in [-0.25, -0.2) is 4.79 Å². The molecule has 5 aliphatic heterocycles. The number of aliphatic hydroxyl groups excluding tert-OH is 2. The molecule has 0 unspecified atom stereocenters. The van der Waals surface area contributed by atoms with E-state index in [1.165, 1.54) is 21.6 Å². The number of hydrogen-bond acceptors (Lipinski definition) is 17. The lowest BCUT2D eigenvalue weighted by molar-refractivity contribution is -0.147. The molecule has 5 saturated heterocycles. The number of aliphatic carboxylic acids is 1. The molecule has 0 radical (unpaired) electrons. The maximum absolute atomic E-state index is 14.8. The highest BCUT2D eigenvalue weighted by molar-refractivity contribution is 6.00. The number of rotatable bonds is 34. The van der Waals surface area contributed by atoms with E-state index in [0.717, 1.165) is 13.0 Å². The second-order valence-corrected chi connectivity index (χ2v) is 29.0. The summed E-state index contributed by atoms with van der Waals surface area (Å²) in [5.74, 6) is -12.4. The average molecular weight is 1420 g/mol. The molecule has 101 heavy (non-hydrogen) atoms. The summed E-state index contributed by atoms with van der Waals surface area (Å²) in [4.78, 5) is 200. The summed E-state index contributed by atoms with van der Waals surface area (Å²) in [6.07, 6.45) is 3.51. The predicted molar refractivity (Wildman–Crippen MR) is 368 cm³/mol. The van der Waals surface area contributed by atoms with Crippen LogP contribution in [0.5, 0.6) is 0 Å². The van der Waals surface area contributed by atoms with Crippen molar-refractivity contribution >= 4 is 82.8 Å². The Morgan fingerprint density at radius 2 is 0.931 bits per heavy atom. The van der Waals surface area contributed by atoms with Crippen LogP contribution in [0.4, 0.5) is 0 Å². The van der Waals surface area contributed by atoms with E-state index in [4.69, 9.17) is 0 Å². The lowest BCUT2D eigenvalue weighted by Crippen LogP contribution is -2.63. The number of benzene rings is 1. The van der Waals surface area contributed by atoms with E-state index in [1.807, 2.05) is 0 Å². The van der Waals surface area contributed by atoms with Crippen molar-refractivity contribution in [2.24, 2.45) is 29.6 Å². The monoisotopic (exact) mass is 1420 g/mol. The van der Waals surface area contributed by atoms with Crippen molar-refractivity contribution in [1.82, 2.24) is 72.8 Å². The molecular weight excluding hydrogens is 1310 g/mol. The van der Waals surface area contributed by atoms with Crippen LogP contribution >= 0.6 is 0 Å². The zero-order chi connectivity index (χ0) is 74.7. The minimum absolute atomic E-state index is 0.0705. The van der Waals surface area contributed by atoms with E-state index >= 15 is 0 Å². The van der Waals surface area contributed by atoms with Gasteiger partial charge in [-0.2, -0.15) is 0 Å². The lowest BCUT2D eigenvalue weighted by Gasteiger charge is -2.33. The number of carbonyl (C=O) groups is 14. The SMILES string of the molecule is CC[C@H](C)[C@H](NC(=O)[C@@H]1CCCN1C(=O)CNC(=O)[C@@H]1CCCN1C(=O)[C@H](Cc1ccccc1)NC(=O)[C@@H](NC(=O)[C@@H](NC(=O)[C@@H](NC(=O)[C@@H](NC(=O)[C@@H]1CCCN1C(=O)[C@@H]1CCCN1C(=O)[C@@H]1CCCN1)C(C)C)C(C)C)C(C)C)[C@@H](C)O)C(=O)N[C@@H](CC(C)C)C(=O)N[C@@H](CO)C(=O)O. The number of aliphatic hydroxyl groups is 2. The van der Waals surface area contributed by atoms with Crippen LogP contribution in [0.2, 0.25) is 0 Å². The Labute approximate surface area is 591 Å². The highest BCUT2D eigenvalue weighted by Gasteiger charge is 2.47. The average Bonchev–Trinajstić information content (AvgIpc) is 1.68. The third-order valence-corrected chi connectivity index (χ3v) is 19.8. The first-order valence-corrected chi connectivity index (χ1v) is 36.0. The Bertz CT molecular complexity index is 3110. The molecule has 15 atom stereocenters. The molecule has 5 heterocycles. The van der Waals surface area contributed by atoms with Gasteiger partial charge in [-0.15, -0.1) is 0 Å². The fourth-order valence-corrected chi connectivity index (χ4v) is 13.8. The van der Waals surface area contributed by atoms with Crippen LogP contribution in [0, 0.1) is 29.6 Å². The molecule has 1 aromatic carbocycles. The zero-order valence-corrected chi connectivity index (χ0v) is 60.3. The minimum Gasteiger partial charge on any atom is -0.480 e. The Kier molecular flexibility index (Phi) is 30.8. The molecule has 0 spiro atoms. The number of likely N-dealkylation sites (tertiary alicyclic amines) is 4. The molecule has 0 saturated carbocycles. The number of nitrogens with one attached hydrogen (secondary N) is 10. The van der Waals surface area contributed by atoms with Crippen LogP contribution in [-0.2, 0) is 73.5 Å². The Balaban J connectivity index is 1.08. The van der Waals surface area contributed by atoms with E-state index < -0.39 is 186 Å². The van der Waals surface area contributed by atoms with Crippen LogP contribution in [-0.4, -0.2) is 248 Å². The number of carboxylic acid groups (broad SMARTS) is 1. The van der Waals surface area contributed by atoms with Gasteiger partial charge in [0.1, 0.15) is 72.5 Å². The summed E-state index contributed by atoms with van der Waals surface area (Å²) >= 11 is 0. The molecule has 13 amide bonds. The van der Waals surface area contributed by atoms with Crippen molar-refractivity contribution in [1.29, 1.82) is 0 Å². The van der Waals surface area contributed by atoms with Gasteiger partial charge >= 0.3 is 5.97 Å². The smallest absolute Gasteiger partial charge is 0.328 e. The van der Waals surface area contributed by atoms with Gasteiger partial charge < -0.3 is 88.1 Å². The fourth-order valence-electron chi connectivity index (χ4n) is 13.8. The van der Waals surface area contributed by atoms with Crippen LogP contribution in [0.3, 0.4) is 0 Å². The summed E-state index contributed by atoms with van der Waals surface area (Å²) in [5.41, 5.74) is 0.601. The predicted octanol–water partition coefficient (Wildman–Crippen LogP) is -1.54. The van der Waals surface area contributed by atoms with Crippen LogP contribution in [0.25, 0.3) is 0 Å². The number of amides is 13. The summed E-state index contributed by atoms with van der Waals surface area (Å²) in [6, 6.07) is -6.42. The van der Waals surface area contributed by atoms with Crippen LogP contribution in [0.1, 0.15) is 159 Å². The largest absolute Gasteiger partial charge is 0.480 e. The van der Waals surface area contributed by atoms with E-state index in [0.29, 0.717) is 70.0 Å². The van der Waals surface area contributed by atoms with Crippen LogP contribution in [0.15, 0.2) is 30.3 Å². The molecule has 562 valence electrons. The van der Waals surface area contributed by atoms with Crippen molar-refractivity contribution in [2.45, 2.75) is 244 Å². The van der Waals surface area contributed by atoms with Gasteiger partial charge in [0.25, 0.3) is 0 Å². The lowest BCUT2D eigenvalue weighted by atomic mass is 9.96. The fraction of sp³-hybridized carbons (Fsp3) is 0.714. The first-order valence-electron chi connectivity index (χ1n) is 36.0. The molecule has 13 N–H and O–H groups in total. The van der Waals surface area contributed by atoms with E-state index in [2.05, 4.69) is 53.2 Å². The number of nitrogens with zero attached hydrogens (tertiary/aromatic N) is 4.